The molecule has 10 heteroatoms. The normalized spacial score (nSPS) is 23.1. The Bertz CT molecular complexity index is 588. The van der Waals surface area contributed by atoms with E-state index in [4.69, 9.17) is 4.74 Å². The van der Waals surface area contributed by atoms with Crippen LogP contribution in [0.2, 0.25) is 0 Å². The van der Waals surface area contributed by atoms with Crippen LogP contribution >= 0.6 is 15.9 Å². The summed E-state index contributed by atoms with van der Waals surface area (Å²) in [4.78, 5) is 37.1. The Labute approximate surface area is 151 Å². The third-order valence-corrected chi connectivity index (χ3v) is 4.52. The standard InChI is InChI=1S/C14H21BrN2O6S/c1-7(2)10(13(20)23-14(3,4)5)17-11(19)9(12(17)24(21)22)16-8(18)6-15/h9-10,12H,1,6H2,2-5H3,(H,16,18)(H,21,22). The zero-order valence-corrected chi connectivity index (χ0v) is 16.3. The van der Waals surface area contributed by atoms with Crippen LogP contribution in [0.3, 0.4) is 0 Å². The third-order valence-electron chi connectivity index (χ3n) is 3.10. The van der Waals surface area contributed by atoms with Gasteiger partial charge in [-0.25, -0.2) is 9.00 Å². The van der Waals surface area contributed by atoms with Crippen LogP contribution < -0.4 is 5.32 Å². The van der Waals surface area contributed by atoms with Gasteiger partial charge in [-0.3, -0.25) is 9.59 Å². The van der Waals surface area contributed by atoms with Gasteiger partial charge in [0.05, 0.1) is 5.33 Å². The Morgan fingerprint density at radius 1 is 1.50 bits per heavy atom. The van der Waals surface area contributed by atoms with E-state index >= 15 is 0 Å². The smallest absolute Gasteiger partial charge is 0.333 e. The minimum atomic E-state index is -2.47. The number of hydrogen-bond acceptors (Lipinski definition) is 5. The summed E-state index contributed by atoms with van der Waals surface area (Å²) in [7, 11) is 0. The Morgan fingerprint density at radius 2 is 2.04 bits per heavy atom. The van der Waals surface area contributed by atoms with Gasteiger partial charge >= 0.3 is 5.97 Å². The van der Waals surface area contributed by atoms with Gasteiger partial charge in [0.25, 0.3) is 5.91 Å². The first kappa shape index (κ1) is 20.8. The number of carbonyl (C=O) groups excluding carboxylic acids is 3. The van der Waals surface area contributed by atoms with E-state index in [0.29, 0.717) is 5.57 Å². The van der Waals surface area contributed by atoms with Gasteiger partial charge in [-0.1, -0.05) is 22.5 Å². The van der Waals surface area contributed by atoms with Gasteiger partial charge in [0.15, 0.2) is 22.5 Å². The number of nitrogens with zero attached hydrogens (tertiary/aromatic N) is 1. The van der Waals surface area contributed by atoms with Crippen molar-refractivity contribution in [2.75, 3.05) is 5.33 Å². The van der Waals surface area contributed by atoms with Crippen molar-refractivity contribution in [3.05, 3.63) is 12.2 Å². The van der Waals surface area contributed by atoms with Crippen molar-refractivity contribution in [3.8, 4) is 0 Å². The lowest BCUT2D eigenvalue weighted by molar-refractivity contribution is -0.170. The Balaban J connectivity index is 3.08. The number of esters is 1. The van der Waals surface area contributed by atoms with Crippen LogP contribution in [-0.4, -0.2) is 59.8 Å². The highest BCUT2D eigenvalue weighted by atomic mass is 79.9. The van der Waals surface area contributed by atoms with Crippen LogP contribution in [0.25, 0.3) is 0 Å². The van der Waals surface area contributed by atoms with Crippen molar-refractivity contribution in [2.45, 2.75) is 50.8 Å². The molecular formula is C14H21BrN2O6S. The van der Waals surface area contributed by atoms with E-state index in [2.05, 4.69) is 27.8 Å². The van der Waals surface area contributed by atoms with E-state index in [1.807, 2.05) is 0 Å². The molecule has 24 heavy (non-hydrogen) atoms. The van der Waals surface area contributed by atoms with Gasteiger partial charge in [-0.15, -0.1) is 0 Å². The molecule has 8 nitrogen and oxygen atoms in total. The van der Waals surface area contributed by atoms with Crippen LogP contribution in [0, 0.1) is 0 Å². The number of likely N-dealkylation sites (tertiary alicyclic amines) is 1. The van der Waals surface area contributed by atoms with Crippen molar-refractivity contribution in [1.82, 2.24) is 10.2 Å². The summed E-state index contributed by atoms with van der Waals surface area (Å²) in [5.74, 6) is -1.90. The summed E-state index contributed by atoms with van der Waals surface area (Å²) < 4.78 is 26.4. The summed E-state index contributed by atoms with van der Waals surface area (Å²) in [6.45, 7) is 10.2. The van der Waals surface area contributed by atoms with Gasteiger partial charge in [0.1, 0.15) is 11.6 Å². The molecule has 4 atom stereocenters. The Morgan fingerprint density at radius 3 is 2.42 bits per heavy atom. The molecule has 4 unspecified atom stereocenters. The second kappa shape index (κ2) is 7.75. The van der Waals surface area contributed by atoms with Crippen LogP contribution in [0.4, 0.5) is 0 Å². The predicted molar refractivity (Wildman–Crippen MR) is 91.6 cm³/mol. The molecule has 0 bridgehead atoms. The molecule has 1 aliphatic rings. The average Bonchev–Trinajstić information content (AvgIpc) is 2.41. The summed E-state index contributed by atoms with van der Waals surface area (Å²) >= 11 is 0.460. The van der Waals surface area contributed by atoms with Crippen LogP contribution in [0.5, 0.6) is 0 Å². The van der Waals surface area contributed by atoms with Gasteiger partial charge in [-0.2, -0.15) is 0 Å². The zero-order chi connectivity index (χ0) is 18.8. The minimum Gasteiger partial charge on any atom is -0.458 e. The van der Waals surface area contributed by atoms with Gasteiger partial charge in [0, 0.05) is 0 Å². The summed E-state index contributed by atoms with van der Waals surface area (Å²) in [6, 6.07) is -2.37. The molecule has 1 saturated heterocycles. The highest BCUT2D eigenvalue weighted by Gasteiger charge is 2.56. The minimum absolute atomic E-state index is 0.0580. The van der Waals surface area contributed by atoms with Crippen molar-refractivity contribution in [1.29, 1.82) is 0 Å². The van der Waals surface area contributed by atoms with Crippen molar-refractivity contribution in [3.63, 3.8) is 0 Å². The fourth-order valence-electron chi connectivity index (χ4n) is 2.23. The third kappa shape index (κ3) is 4.64. The molecule has 0 spiro atoms. The fourth-order valence-corrected chi connectivity index (χ4v) is 3.23. The number of halogens is 1. The number of carbonyl (C=O) groups is 3. The fraction of sp³-hybridized carbons (Fsp3) is 0.643. The predicted octanol–water partition coefficient (Wildman–Crippen LogP) is 0.543. The summed E-state index contributed by atoms with van der Waals surface area (Å²) in [5.41, 5.74) is -0.505. The van der Waals surface area contributed by atoms with Crippen LogP contribution in [0.15, 0.2) is 12.2 Å². The first-order chi connectivity index (χ1) is 10.9. The summed E-state index contributed by atoms with van der Waals surface area (Å²) in [6.07, 6.45) is 0. The molecule has 2 N–H and O–H groups in total. The first-order valence-corrected chi connectivity index (χ1v) is 9.35. The molecule has 1 fully saturated rings. The Kier molecular flexibility index (Phi) is 6.71. The number of β-lactam (4-membered cyclic amide) rings is 1. The average molecular weight is 425 g/mol. The maximum Gasteiger partial charge on any atom is 0.333 e. The van der Waals surface area contributed by atoms with Crippen molar-refractivity contribution >= 4 is 44.8 Å². The topological polar surface area (TPSA) is 113 Å². The SMILES string of the molecule is C=C(C)C(C(=O)OC(C)(C)C)N1C(=O)C(NC(=O)CBr)C1S(=O)O. The van der Waals surface area contributed by atoms with Gasteiger partial charge in [0.2, 0.25) is 5.91 Å². The molecule has 0 aromatic rings. The molecule has 136 valence electrons. The highest BCUT2D eigenvalue weighted by molar-refractivity contribution is 9.09. The molecule has 0 aliphatic carbocycles. The lowest BCUT2D eigenvalue weighted by atomic mass is 9.99. The largest absolute Gasteiger partial charge is 0.458 e. The molecule has 0 radical (unpaired) electrons. The number of hydrogen-bond donors (Lipinski definition) is 2. The Hall–Kier alpha value is -1.26. The van der Waals surface area contributed by atoms with Gasteiger partial charge < -0.3 is 19.5 Å². The molecule has 1 heterocycles. The number of rotatable bonds is 6. The highest BCUT2D eigenvalue weighted by Crippen LogP contribution is 2.29. The van der Waals surface area contributed by atoms with Crippen molar-refractivity contribution < 1.29 is 27.9 Å². The molecule has 2 amide bonds. The van der Waals surface area contributed by atoms with Crippen LogP contribution in [-0.2, 0) is 30.2 Å². The van der Waals surface area contributed by atoms with E-state index in [1.54, 1.807) is 20.8 Å². The maximum absolute atomic E-state index is 12.4. The van der Waals surface area contributed by atoms with E-state index < -0.39 is 51.9 Å². The molecule has 1 rings (SSSR count). The van der Waals surface area contributed by atoms with E-state index in [1.165, 1.54) is 6.92 Å². The molecular weight excluding hydrogens is 404 g/mol. The summed E-state index contributed by atoms with van der Waals surface area (Å²) in [5, 5.41) is 1.03. The number of amides is 2. The van der Waals surface area contributed by atoms with E-state index in [-0.39, 0.29) is 5.33 Å². The maximum atomic E-state index is 12.4. The lowest BCUT2D eigenvalue weighted by Crippen LogP contribution is -2.75. The number of ether oxygens (including phenoxy) is 1. The van der Waals surface area contributed by atoms with E-state index in [9.17, 15) is 23.1 Å². The second-order valence-electron chi connectivity index (χ2n) is 6.37. The van der Waals surface area contributed by atoms with Gasteiger partial charge in [-0.05, 0) is 33.3 Å². The van der Waals surface area contributed by atoms with E-state index in [0.717, 1.165) is 4.90 Å². The molecule has 1 aliphatic heterocycles. The number of nitrogens with one attached hydrogen (secondary N) is 1. The van der Waals surface area contributed by atoms with Crippen LogP contribution in [0.1, 0.15) is 27.7 Å². The molecule has 0 saturated carbocycles. The second-order valence-corrected chi connectivity index (χ2v) is 7.97. The molecule has 0 aromatic carbocycles. The lowest BCUT2D eigenvalue weighted by Gasteiger charge is -2.48. The number of alkyl halides is 1. The van der Waals surface area contributed by atoms with Crippen molar-refractivity contribution in [2.24, 2.45) is 0 Å². The monoisotopic (exact) mass is 424 g/mol. The zero-order valence-electron chi connectivity index (χ0n) is 13.9. The molecule has 0 aromatic heterocycles. The first-order valence-electron chi connectivity index (χ1n) is 7.06. The quantitative estimate of drug-likeness (QED) is 0.211.